The van der Waals surface area contributed by atoms with E-state index in [9.17, 15) is 18.7 Å². The lowest BCUT2D eigenvalue weighted by Gasteiger charge is -2.21. The lowest BCUT2D eigenvalue weighted by atomic mass is 10.2. The Balaban J connectivity index is 1.83. The van der Waals surface area contributed by atoms with Gasteiger partial charge in [-0.25, -0.2) is 9.78 Å². The zero-order valence-electron chi connectivity index (χ0n) is 18.5. The zero-order chi connectivity index (χ0) is 23.5. The molecule has 1 saturated carbocycles. The molecule has 1 aliphatic rings. The molecule has 1 atom stereocenters. The summed E-state index contributed by atoms with van der Waals surface area (Å²) in [5.41, 5.74) is 0.00879. The molecule has 1 fully saturated rings. The van der Waals surface area contributed by atoms with Crippen molar-refractivity contribution >= 4 is 6.09 Å². The fourth-order valence-corrected chi connectivity index (χ4v) is 2.93. The molecule has 8 nitrogen and oxygen atoms in total. The molecule has 1 heterocycles. The van der Waals surface area contributed by atoms with Gasteiger partial charge in [-0.2, -0.15) is 8.78 Å². The highest BCUT2D eigenvalue weighted by molar-refractivity contribution is 5.68. The number of aliphatic hydroxyl groups excluding tert-OH is 1. The first-order valence-corrected chi connectivity index (χ1v) is 10.4. The molecule has 2 aromatic rings. The Morgan fingerprint density at radius 1 is 1.31 bits per heavy atom. The fourth-order valence-electron chi connectivity index (χ4n) is 2.93. The molecule has 0 spiro atoms. The number of alkyl carbamates (subject to hydrolysis) is 1. The standard InChI is InChI=1S/C22H28F2N2O6/c1-12(25-21(28)32-22(2,3)4)18-15(10-27)26-19(31-18)14-7-8-16(30-20(23)24)17(9-14)29-11-13-5-6-13/h7-9,12-13,20,27H,5-6,10-11H2,1-4H3,(H,25,28). The van der Waals surface area contributed by atoms with Crippen molar-refractivity contribution < 1.29 is 37.3 Å². The second kappa shape index (κ2) is 9.72. The Bertz CT molecular complexity index is 937. The number of alkyl halides is 2. The van der Waals surface area contributed by atoms with Crippen LogP contribution in [0.3, 0.4) is 0 Å². The first kappa shape index (κ1) is 23.8. The van der Waals surface area contributed by atoms with Gasteiger partial charge in [0.05, 0.1) is 19.3 Å². The van der Waals surface area contributed by atoms with E-state index in [4.69, 9.17) is 13.9 Å². The highest BCUT2D eigenvalue weighted by Gasteiger charge is 2.26. The van der Waals surface area contributed by atoms with Gasteiger partial charge in [-0.1, -0.05) is 0 Å². The number of benzene rings is 1. The van der Waals surface area contributed by atoms with Gasteiger partial charge >= 0.3 is 12.7 Å². The van der Waals surface area contributed by atoms with E-state index < -0.39 is 31.0 Å². The molecule has 176 valence electrons. The molecule has 0 aliphatic heterocycles. The summed E-state index contributed by atoms with van der Waals surface area (Å²) >= 11 is 0. The number of ether oxygens (including phenoxy) is 3. The molecule has 1 amide bonds. The van der Waals surface area contributed by atoms with Crippen molar-refractivity contribution in [1.29, 1.82) is 0 Å². The Labute approximate surface area is 184 Å². The van der Waals surface area contributed by atoms with Crippen molar-refractivity contribution in [2.75, 3.05) is 6.61 Å². The largest absolute Gasteiger partial charge is 0.489 e. The van der Waals surface area contributed by atoms with E-state index in [1.54, 1.807) is 27.7 Å². The van der Waals surface area contributed by atoms with E-state index in [0.717, 1.165) is 12.8 Å². The summed E-state index contributed by atoms with van der Waals surface area (Å²) in [7, 11) is 0. The maximum absolute atomic E-state index is 12.8. The molecule has 0 radical (unpaired) electrons. The van der Waals surface area contributed by atoms with Gasteiger partial charge in [0.1, 0.15) is 11.3 Å². The molecule has 32 heavy (non-hydrogen) atoms. The predicted molar refractivity (Wildman–Crippen MR) is 110 cm³/mol. The van der Waals surface area contributed by atoms with Crippen LogP contribution in [-0.2, 0) is 11.3 Å². The first-order chi connectivity index (χ1) is 15.1. The van der Waals surface area contributed by atoms with Gasteiger partial charge in [0, 0.05) is 5.56 Å². The van der Waals surface area contributed by atoms with E-state index >= 15 is 0 Å². The summed E-state index contributed by atoms with van der Waals surface area (Å²) in [6.45, 7) is 3.89. The van der Waals surface area contributed by atoms with Gasteiger partial charge in [0.25, 0.3) is 0 Å². The second-order valence-corrected chi connectivity index (χ2v) is 8.65. The van der Waals surface area contributed by atoms with E-state index in [-0.39, 0.29) is 28.8 Å². The number of carbonyl (C=O) groups excluding carboxylic acids is 1. The molecule has 2 N–H and O–H groups in total. The number of amides is 1. The minimum absolute atomic E-state index is 0.0847. The monoisotopic (exact) mass is 454 g/mol. The molecular formula is C22H28F2N2O6. The number of hydrogen-bond donors (Lipinski definition) is 2. The van der Waals surface area contributed by atoms with Gasteiger partial charge < -0.3 is 29.1 Å². The van der Waals surface area contributed by atoms with Gasteiger partial charge in [0.15, 0.2) is 17.3 Å². The van der Waals surface area contributed by atoms with Crippen molar-refractivity contribution in [1.82, 2.24) is 10.3 Å². The third-order valence-electron chi connectivity index (χ3n) is 4.58. The molecule has 0 bridgehead atoms. The van der Waals surface area contributed by atoms with Crippen LogP contribution in [-0.4, -0.2) is 35.0 Å². The third kappa shape index (κ3) is 6.56. The zero-order valence-corrected chi connectivity index (χ0v) is 18.5. The molecule has 1 aromatic carbocycles. The average molecular weight is 454 g/mol. The minimum Gasteiger partial charge on any atom is -0.489 e. The molecule has 0 saturated heterocycles. The summed E-state index contributed by atoms with van der Waals surface area (Å²) in [6, 6.07) is 3.72. The van der Waals surface area contributed by atoms with Crippen LogP contribution in [0, 0.1) is 5.92 Å². The predicted octanol–water partition coefficient (Wildman–Crippen LogP) is 4.81. The van der Waals surface area contributed by atoms with Crippen LogP contribution in [0.15, 0.2) is 22.6 Å². The van der Waals surface area contributed by atoms with Gasteiger partial charge in [0.2, 0.25) is 5.89 Å². The van der Waals surface area contributed by atoms with Crippen LogP contribution in [0.5, 0.6) is 11.5 Å². The van der Waals surface area contributed by atoms with E-state index in [1.807, 2.05) is 0 Å². The topological polar surface area (TPSA) is 103 Å². The van der Waals surface area contributed by atoms with Crippen LogP contribution in [0.25, 0.3) is 11.5 Å². The summed E-state index contributed by atoms with van der Waals surface area (Å²) in [6.07, 6.45) is 1.43. The Morgan fingerprint density at radius 3 is 2.62 bits per heavy atom. The van der Waals surface area contributed by atoms with Crippen molar-refractivity contribution in [3.05, 3.63) is 29.7 Å². The Hall–Kier alpha value is -2.88. The quantitative estimate of drug-likeness (QED) is 0.560. The number of nitrogens with zero attached hydrogens (tertiary/aromatic N) is 1. The van der Waals surface area contributed by atoms with Crippen molar-refractivity contribution in [2.45, 2.75) is 65.4 Å². The number of nitrogens with one attached hydrogen (secondary N) is 1. The lowest BCUT2D eigenvalue weighted by molar-refractivity contribution is -0.0515. The average Bonchev–Trinajstić information content (AvgIpc) is 3.41. The lowest BCUT2D eigenvalue weighted by Crippen LogP contribution is -2.34. The summed E-state index contributed by atoms with van der Waals surface area (Å²) in [4.78, 5) is 16.4. The third-order valence-corrected chi connectivity index (χ3v) is 4.58. The number of rotatable bonds is 9. The normalized spacial score (nSPS) is 14.9. The maximum atomic E-state index is 12.8. The Morgan fingerprint density at radius 2 is 2.03 bits per heavy atom. The van der Waals surface area contributed by atoms with Crippen LogP contribution in [0.4, 0.5) is 13.6 Å². The number of hydrogen-bond acceptors (Lipinski definition) is 7. The van der Waals surface area contributed by atoms with E-state index in [2.05, 4.69) is 15.0 Å². The SMILES string of the molecule is CC(NC(=O)OC(C)(C)C)c1oc(-c2ccc(OC(F)F)c(OCC3CC3)c2)nc1CO. The number of halogens is 2. The fraction of sp³-hybridized carbons (Fsp3) is 0.545. The van der Waals surface area contributed by atoms with Crippen LogP contribution < -0.4 is 14.8 Å². The molecule has 3 rings (SSSR count). The van der Waals surface area contributed by atoms with Gasteiger partial charge in [-0.15, -0.1) is 0 Å². The molecule has 10 heteroatoms. The number of aliphatic hydroxyl groups is 1. The molecule has 1 aromatic heterocycles. The van der Waals surface area contributed by atoms with Crippen molar-refractivity contribution in [3.63, 3.8) is 0 Å². The smallest absolute Gasteiger partial charge is 0.408 e. The summed E-state index contributed by atoms with van der Waals surface area (Å²) < 4.78 is 46.8. The highest BCUT2D eigenvalue weighted by Crippen LogP contribution is 2.37. The minimum atomic E-state index is -2.99. The van der Waals surface area contributed by atoms with Crippen LogP contribution in [0.2, 0.25) is 0 Å². The van der Waals surface area contributed by atoms with Crippen molar-refractivity contribution in [2.24, 2.45) is 5.92 Å². The van der Waals surface area contributed by atoms with Crippen molar-refractivity contribution in [3.8, 4) is 23.0 Å². The van der Waals surface area contributed by atoms with Gasteiger partial charge in [-0.3, -0.25) is 0 Å². The summed E-state index contributed by atoms with van der Waals surface area (Å²) in [5, 5.41) is 12.3. The van der Waals surface area contributed by atoms with Gasteiger partial charge in [-0.05, 0) is 64.7 Å². The van der Waals surface area contributed by atoms with E-state index in [1.165, 1.54) is 18.2 Å². The van der Waals surface area contributed by atoms with Crippen LogP contribution >= 0.6 is 0 Å². The number of aromatic nitrogens is 1. The number of oxazole rings is 1. The first-order valence-electron chi connectivity index (χ1n) is 10.4. The second-order valence-electron chi connectivity index (χ2n) is 8.65. The van der Waals surface area contributed by atoms with Crippen LogP contribution in [0.1, 0.15) is 58.0 Å². The Kier molecular flexibility index (Phi) is 7.22. The highest BCUT2D eigenvalue weighted by atomic mass is 19.3. The number of carbonyl (C=O) groups is 1. The maximum Gasteiger partial charge on any atom is 0.408 e. The van der Waals surface area contributed by atoms with E-state index in [0.29, 0.717) is 18.1 Å². The summed E-state index contributed by atoms with van der Waals surface area (Å²) in [5.74, 6) is 0.870. The molecular weight excluding hydrogens is 426 g/mol. The molecule has 1 unspecified atom stereocenters. The molecule has 1 aliphatic carbocycles.